The molecule has 0 aromatic rings. The lowest BCUT2D eigenvalue weighted by molar-refractivity contribution is 1.28. The van der Waals surface area contributed by atoms with Crippen LogP contribution in [0.5, 0.6) is 0 Å². The van der Waals surface area contributed by atoms with Gasteiger partial charge in [0.1, 0.15) is 0 Å². The minimum Gasteiger partial charge on any atom is -0.142 e. The van der Waals surface area contributed by atoms with Gasteiger partial charge < -0.3 is 0 Å². The quantitative estimate of drug-likeness (QED) is 0.509. The van der Waals surface area contributed by atoms with Gasteiger partial charge in [0.15, 0.2) is 0 Å². The molecule has 0 aromatic heterocycles. The van der Waals surface area contributed by atoms with Crippen LogP contribution in [0.2, 0.25) is 0 Å². The molecule has 0 aliphatic heterocycles. The van der Waals surface area contributed by atoms with Gasteiger partial charge in [-0.2, -0.15) is 0 Å². The first-order chi connectivity index (χ1) is 3.83. The maximum atomic E-state index is 5.18. The van der Waals surface area contributed by atoms with Crippen LogP contribution in [0.4, 0.5) is 0 Å². The average Bonchev–Trinajstić information content (AvgIpc) is 2.50. The van der Waals surface area contributed by atoms with Crippen LogP contribution >= 0.6 is 11.8 Å². The molecule has 1 aliphatic carbocycles. The second-order valence-corrected chi connectivity index (χ2v) is 3.79. The normalized spacial score (nSPS) is 22.0. The Morgan fingerprint density at radius 1 is 1.75 bits per heavy atom. The summed E-state index contributed by atoms with van der Waals surface area (Å²) in [5, 5.41) is 1.34. The molecule has 0 spiro atoms. The van der Waals surface area contributed by atoms with E-state index in [0.717, 1.165) is 5.25 Å². The van der Waals surface area contributed by atoms with Crippen LogP contribution in [0.25, 0.3) is 0 Å². The van der Waals surface area contributed by atoms with E-state index >= 15 is 0 Å². The standard InChI is InChI=1S/C7H10S/c1-3-6(2)8-7-4-5-7/h1,6-7H,4-5H2,2H3. The Bertz CT molecular complexity index is 108. The highest BCUT2D eigenvalue weighted by Gasteiger charge is 2.23. The first kappa shape index (κ1) is 6.04. The first-order valence-corrected chi connectivity index (χ1v) is 3.89. The Morgan fingerprint density at radius 2 is 2.38 bits per heavy atom. The highest BCUT2D eigenvalue weighted by molar-refractivity contribution is 8.01. The monoisotopic (exact) mass is 126 g/mol. The van der Waals surface area contributed by atoms with Crippen molar-refractivity contribution >= 4 is 11.8 Å². The van der Waals surface area contributed by atoms with Gasteiger partial charge in [0.2, 0.25) is 0 Å². The summed E-state index contributed by atoms with van der Waals surface area (Å²) in [6.45, 7) is 2.09. The zero-order chi connectivity index (χ0) is 5.98. The van der Waals surface area contributed by atoms with Gasteiger partial charge in [-0.25, -0.2) is 0 Å². The molecular formula is C7H10S. The first-order valence-electron chi connectivity index (χ1n) is 2.94. The van der Waals surface area contributed by atoms with Crippen molar-refractivity contribution in [2.45, 2.75) is 30.3 Å². The Morgan fingerprint density at radius 3 is 2.75 bits per heavy atom. The molecule has 1 atom stereocenters. The van der Waals surface area contributed by atoms with Gasteiger partial charge in [0.25, 0.3) is 0 Å². The molecule has 0 radical (unpaired) electrons. The van der Waals surface area contributed by atoms with E-state index in [9.17, 15) is 0 Å². The number of rotatable bonds is 2. The second-order valence-electron chi connectivity index (χ2n) is 2.14. The maximum Gasteiger partial charge on any atom is 0.0629 e. The molecule has 1 unspecified atom stereocenters. The van der Waals surface area contributed by atoms with Crippen LogP contribution in [0.3, 0.4) is 0 Å². The Hall–Kier alpha value is -0.0900. The molecular weight excluding hydrogens is 116 g/mol. The zero-order valence-electron chi connectivity index (χ0n) is 5.05. The summed E-state index contributed by atoms with van der Waals surface area (Å²) in [4.78, 5) is 0. The Balaban J connectivity index is 2.09. The van der Waals surface area contributed by atoms with Crippen LogP contribution in [0, 0.1) is 12.3 Å². The van der Waals surface area contributed by atoms with Crippen molar-refractivity contribution in [2.24, 2.45) is 0 Å². The molecule has 44 valence electrons. The van der Waals surface area contributed by atoms with Crippen LogP contribution in [0.1, 0.15) is 19.8 Å². The lowest BCUT2D eigenvalue weighted by Gasteiger charge is -1.98. The predicted octanol–water partition coefficient (Wildman–Crippen LogP) is 1.90. The van der Waals surface area contributed by atoms with E-state index in [2.05, 4.69) is 12.8 Å². The Kier molecular flexibility index (Phi) is 1.85. The summed E-state index contributed by atoms with van der Waals surface area (Å²) in [5.74, 6) is 2.70. The van der Waals surface area contributed by atoms with E-state index in [0.29, 0.717) is 5.25 Å². The van der Waals surface area contributed by atoms with Crippen LogP contribution < -0.4 is 0 Å². The summed E-state index contributed by atoms with van der Waals surface area (Å²) in [5.41, 5.74) is 0. The molecule has 8 heavy (non-hydrogen) atoms. The molecule has 0 aromatic carbocycles. The molecule has 0 bridgehead atoms. The van der Waals surface area contributed by atoms with Crippen LogP contribution in [-0.4, -0.2) is 10.5 Å². The van der Waals surface area contributed by atoms with E-state index in [1.54, 1.807) is 0 Å². The van der Waals surface area contributed by atoms with Gasteiger partial charge in [-0.3, -0.25) is 0 Å². The van der Waals surface area contributed by atoms with Gasteiger partial charge in [0.05, 0.1) is 5.25 Å². The fourth-order valence-electron chi connectivity index (χ4n) is 0.532. The third-order valence-corrected chi connectivity index (χ3v) is 2.56. The second kappa shape index (κ2) is 2.46. The molecule has 1 aliphatic rings. The fourth-order valence-corrected chi connectivity index (χ4v) is 1.60. The van der Waals surface area contributed by atoms with Gasteiger partial charge in [-0.1, -0.05) is 5.92 Å². The number of terminal acetylenes is 1. The van der Waals surface area contributed by atoms with Crippen molar-refractivity contribution in [1.29, 1.82) is 0 Å². The maximum absolute atomic E-state index is 5.18. The van der Waals surface area contributed by atoms with Crippen molar-refractivity contribution in [3.8, 4) is 12.3 Å². The number of hydrogen-bond acceptors (Lipinski definition) is 1. The number of hydrogen-bond donors (Lipinski definition) is 0. The predicted molar refractivity (Wildman–Crippen MR) is 38.9 cm³/mol. The molecule has 0 saturated heterocycles. The molecule has 0 heterocycles. The summed E-state index contributed by atoms with van der Waals surface area (Å²) < 4.78 is 0. The SMILES string of the molecule is C#CC(C)SC1CC1. The lowest BCUT2D eigenvalue weighted by atomic mass is 10.5. The van der Waals surface area contributed by atoms with Crippen LogP contribution in [-0.2, 0) is 0 Å². The number of thioether (sulfide) groups is 1. The van der Waals surface area contributed by atoms with E-state index in [-0.39, 0.29) is 0 Å². The molecule has 1 rings (SSSR count). The molecule has 0 amide bonds. The molecule has 1 saturated carbocycles. The van der Waals surface area contributed by atoms with Crippen molar-refractivity contribution in [3.63, 3.8) is 0 Å². The molecule has 0 nitrogen and oxygen atoms in total. The van der Waals surface area contributed by atoms with E-state index in [4.69, 9.17) is 6.42 Å². The van der Waals surface area contributed by atoms with E-state index in [1.165, 1.54) is 12.8 Å². The Labute approximate surface area is 55.0 Å². The van der Waals surface area contributed by atoms with Gasteiger partial charge in [-0.05, 0) is 19.8 Å². The molecule has 0 N–H and O–H groups in total. The third-order valence-electron chi connectivity index (χ3n) is 1.16. The smallest absolute Gasteiger partial charge is 0.0629 e. The van der Waals surface area contributed by atoms with Crippen molar-refractivity contribution in [3.05, 3.63) is 0 Å². The average molecular weight is 126 g/mol. The topological polar surface area (TPSA) is 0 Å². The summed E-state index contributed by atoms with van der Waals surface area (Å²) >= 11 is 1.93. The fraction of sp³-hybridized carbons (Fsp3) is 0.714. The van der Waals surface area contributed by atoms with Gasteiger partial charge >= 0.3 is 0 Å². The van der Waals surface area contributed by atoms with Gasteiger partial charge in [0, 0.05) is 5.25 Å². The van der Waals surface area contributed by atoms with Gasteiger partial charge in [-0.15, -0.1) is 18.2 Å². The summed E-state index contributed by atoms with van der Waals surface area (Å²) in [7, 11) is 0. The van der Waals surface area contributed by atoms with Crippen molar-refractivity contribution < 1.29 is 0 Å². The zero-order valence-corrected chi connectivity index (χ0v) is 5.87. The minimum absolute atomic E-state index is 0.433. The van der Waals surface area contributed by atoms with E-state index < -0.39 is 0 Å². The van der Waals surface area contributed by atoms with Crippen molar-refractivity contribution in [2.75, 3.05) is 0 Å². The molecule has 1 fully saturated rings. The summed E-state index contributed by atoms with van der Waals surface area (Å²) in [6, 6.07) is 0. The van der Waals surface area contributed by atoms with Crippen molar-refractivity contribution in [1.82, 2.24) is 0 Å². The summed E-state index contributed by atoms with van der Waals surface area (Å²) in [6.07, 6.45) is 7.95. The van der Waals surface area contributed by atoms with E-state index in [1.807, 2.05) is 11.8 Å². The minimum atomic E-state index is 0.433. The highest BCUT2D eigenvalue weighted by atomic mass is 32.2. The highest BCUT2D eigenvalue weighted by Crippen LogP contribution is 2.36. The largest absolute Gasteiger partial charge is 0.142 e. The van der Waals surface area contributed by atoms with Crippen LogP contribution in [0.15, 0.2) is 0 Å². The third kappa shape index (κ3) is 1.79. The lowest BCUT2D eigenvalue weighted by Crippen LogP contribution is -1.90. The molecule has 1 heteroatoms.